The van der Waals surface area contributed by atoms with E-state index in [0.717, 1.165) is 5.75 Å². The van der Waals surface area contributed by atoms with Crippen molar-refractivity contribution in [1.82, 2.24) is 20.2 Å². The summed E-state index contributed by atoms with van der Waals surface area (Å²) in [5.74, 6) is 2.12. The molecule has 0 radical (unpaired) electrons. The van der Waals surface area contributed by atoms with Gasteiger partial charge in [0, 0.05) is 5.75 Å². The highest BCUT2D eigenvalue weighted by atomic mass is 32.2. The number of hydrogen-bond acceptors (Lipinski definition) is 6. The van der Waals surface area contributed by atoms with Crippen molar-refractivity contribution in [2.24, 2.45) is 0 Å². The lowest BCUT2D eigenvalue weighted by molar-refractivity contribution is 0.233. The van der Waals surface area contributed by atoms with E-state index in [1.165, 1.54) is 36.0 Å². The number of aromatic nitrogens is 3. The van der Waals surface area contributed by atoms with Crippen molar-refractivity contribution in [3.8, 4) is 11.5 Å². The molecule has 0 unspecified atom stereocenters. The number of rotatable bonds is 7. The average molecular weight is 429 g/mol. The molecule has 0 atom stereocenters. The highest BCUT2D eigenvalue weighted by Gasteiger charge is 2.27. The molecule has 10 heteroatoms. The van der Waals surface area contributed by atoms with Gasteiger partial charge in [-0.05, 0) is 36.4 Å². The van der Waals surface area contributed by atoms with Gasteiger partial charge in [-0.2, -0.15) is 0 Å². The molecule has 0 bridgehead atoms. The van der Waals surface area contributed by atoms with Gasteiger partial charge in [0.2, 0.25) is 5.16 Å². The standard InChI is InChI=1S/C20H20FN5O3S/c21-15-6-8-17(9-7-15)29-14-18-23-24-20-26(18)25(11-13-30-20)19(27)22-10-12-28-16-4-2-1-3-5-16/h1-9H,10-14H2,(H,22,27). The number of hydrogen-bond donors (Lipinski definition) is 1. The Morgan fingerprint density at radius 1 is 1.07 bits per heavy atom. The van der Waals surface area contributed by atoms with Crippen LogP contribution in [-0.2, 0) is 6.61 Å². The maximum absolute atomic E-state index is 13.0. The van der Waals surface area contributed by atoms with Crippen molar-refractivity contribution in [3.05, 3.63) is 66.2 Å². The zero-order chi connectivity index (χ0) is 20.8. The van der Waals surface area contributed by atoms with Crippen molar-refractivity contribution in [3.63, 3.8) is 0 Å². The number of amides is 2. The zero-order valence-electron chi connectivity index (χ0n) is 16.0. The van der Waals surface area contributed by atoms with Gasteiger partial charge in [-0.25, -0.2) is 18.9 Å². The van der Waals surface area contributed by atoms with Gasteiger partial charge < -0.3 is 14.8 Å². The van der Waals surface area contributed by atoms with E-state index in [2.05, 4.69) is 15.5 Å². The van der Waals surface area contributed by atoms with E-state index in [4.69, 9.17) is 9.47 Å². The van der Waals surface area contributed by atoms with Crippen LogP contribution >= 0.6 is 11.8 Å². The smallest absolute Gasteiger partial charge is 0.336 e. The molecule has 0 fully saturated rings. The van der Waals surface area contributed by atoms with Crippen molar-refractivity contribution in [2.75, 3.05) is 30.5 Å². The first-order valence-corrected chi connectivity index (χ1v) is 10.4. The molecular formula is C20H20FN5O3S. The van der Waals surface area contributed by atoms with Crippen LogP contribution in [0.3, 0.4) is 0 Å². The normalized spacial score (nSPS) is 12.9. The Morgan fingerprint density at radius 3 is 2.63 bits per heavy atom. The Bertz CT molecular complexity index is 984. The summed E-state index contributed by atoms with van der Waals surface area (Å²) in [5, 5.41) is 13.3. The van der Waals surface area contributed by atoms with E-state index in [1.807, 2.05) is 30.3 Å². The van der Waals surface area contributed by atoms with E-state index in [9.17, 15) is 9.18 Å². The van der Waals surface area contributed by atoms with Crippen LogP contribution < -0.4 is 19.8 Å². The number of halogens is 1. The van der Waals surface area contributed by atoms with Gasteiger partial charge in [0.15, 0.2) is 5.82 Å². The minimum atomic E-state index is -0.335. The fourth-order valence-electron chi connectivity index (χ4n) is 2.85. The molecule has 156 valence electrons. The van der Waals surface area contributed by atoms with Crippen molar-refractivity contribution in [2.45, 2.75) is 11.8 Å². The fourth-order valence-corrected chi connectivity index (χ4v) is 3.72. The van der Waals surface area contributed by atoms with Gasteiger partial charge in [0.05, 0.1) is 13.1 Å². The van der Waals surface area contributed by atoms with Gasteiger partial charge >= 0.3 is 6.03 Å². The minimum Gasteiger partial charge on any atom is -0.492 e. The fraction of sp³-hybridized carbons (Fsp3) is 0.250. The van der Waals surface area contributed by atoms with E-state index in [0.29, 0.717) is 42.2 Å². The lowest BCUT2D eigenvalue weighted by atomic mass is 10.3. The number of urea groups is 1. The third-order valence-electron chi connectivity index (χ3n) is 4.26. The molecule has 0 spiro atoms. The molecule has 1 aliphatic rings. The van der Waals surface area contributed by atoms with Crippen molar-refractivity contribution < 1.29 is 18.7 Å². The number of carbonyl (C=O) groups is 1. The molecule has 0 aliphatic carbocycles. The zero-order valence-corrected chi connectivity index (χ0v) is 16.8. The second-order valence-electron chi connectivity index (χ2n) is 6.32. The van der Waals surface area contributed by atoms with E-state index >= 15 is 0 Å². The van der Waals surface area contributed by atoms with Crippen LogP contribution in [-0.4, -0.2) is 46.4 Å². The van der Waals surface area contributed by atoms with Crippen LogP contribution in [0.5, 0.6) is 11.5 Å². The molecule has 0 saturated heterocycles. The number of benzene rings is 2. The molecule has 2 aromatic carbocycles. The Morgan fingerprint density at radius 2 is 1.83 bits per heavy atom. The number of thioether (sulfide) groups is 1. The molecule has 4 rings (SSSR count). The molecule has 30 heavy (non-hydrogen) atoms. The van der Waals surface area contributed by atoms with Crippen LogP contribution in [0.4, 0.5) is 9.18 Å². The lowest BCUT2D eigenvalue weighted by Crippen LogP contribution is -2.51. The van der Waals surface area contributed by atoms with E-state index in [1.54, 1.807) is 9.69 Å². The predicted octanol–water partition coefficient (Wildman–Crippen LogP) is 2.83. The SMILES string of the molecule is O=C(NCCOc1ccccc1)N1CCSc2nnc(COc3ccc(F)cc3)n21. The summed E-state index contributed by atoms with van der Waals surface area (Å²) >= 11 is 1.52. The molecular weight excluding hydrogens is 409 g/mol. The third-order valence-corrected chi connectivity index (χ3v) is 5.16. The first-order valence-electron chi connectivity index (χ1n) is 9.39. The molecule has 2 amide bonds. The maximum atomic E-state index is 13.0. The average Bonchev–Trinajstić information content (AvgIpc) is 3.20. The first kappa shape index (κ1) is 20.0. The monoisotopic (exact) mass is 429 g/mol. The highest BCUT2D eigenvalue weighted by Crippen LogP contribution is 2.23. The molecule has 0 saturated carbocycles. The quantitative estimate of drug-likeness (QED) is 0.582. The minimum absolute atomic E-state index is 0.0973. The number of ether oxygens (including phenoxy) is 2. The van der Waals surface area contributed by atoms with E-state index in [-0.39, 0.29) is 18.5 Å². The Labute approximate surface area is 177 Å². The summed E-state index contributed by atoms with van der Waals surface area (Å²) in [6.45, 7) is 1.31. The van der Waals surface area contributed by atoms with Gasteiger partial charge in [-0.3, -0.25) is 0 Å². The number of nitrogens with one attached hydrogen (secondary N) is 1. The second kappa shape index (κ2) is 9.49. The van der Waals surface area contributed by atoms with Crippen LogP contribution in [0.1, 0.15) is 5.82 Å². The van der Waals surface area contributed by atoms with Gasteiger partial charge in [0.1, 0.15) is 30.5 Å². The number of carbonyl (C=O) groups excluding carboxylic acids is 1. The maximum Gasteiger partial charge on any atom is 0.336 e. The summed E-state index contributed by atoms with van der Waals surface area (Å²) < 4.78 is 26.0. The summed E-state index contributed by atoms with van der Waals surface area (Å²) in [5.41, 5.74) is 0. The van der Waals surface area contributed by atoms with Crippen molar-refractivity contribution >= 4 is 17.8 Å². The predicted molar refractivity (Wildman–Crippen MR) is 110 cm³/mol. The summed E-state index contributed by atoms with van der Waals surface area (Å²) in [6.07, 6.45) is 0. The summed E-state index contributed by atoms with van der Waals surface area (Å²) in [7, 11) is 0. The third kappa shape index (κ3) is 4.82. The summed E-state index contributed by atoms with van der Waals surface area (Å²) in [4.78, 5) is 12.7. The molecule has 1 aromatic heterocycles. The van der Waals surface area contributed by atoms with Gasteiger partial charge in [-0.1, -0.05) is 30.0 Å². The largest absolute Gasteiger partial charge is 0.492 e. The van der Waals surface area contributed by atoms with Crippen LogP contribution in [0.2, 0.25) is 0 Å². The van der Waals surface area contributed by atoms with Crippen LogP contribution in [0.25, 0.3) is 0 Å². The molecule has 1 N–H and O–H groups in total. The Balaban J connectivity index is 1.35. The second-order valence-corrected chi connectivity index (χ2v) is 7.38. The molecule has 1 aliphatic heterocycles. The highest BCUT2D eigenvalue weighted by molar-refractivity contribution is 7.99. The summed E-state index contributed by atoms with van der Waals surface area (Å²) in [6, 6.07) is 14.9. The van der Waals surface area contributed by atoms with E-state index < -0.39 is 0 Å². The number of para-hydroxylation sites is 1. The Kier molecular flexibility index (Phi) is 6.33. The number of nitrogens with zero attached hydrogens (tertiary/aromatic N) is 4. The molecule has 8 nitrogen and oxygen atoms in total. The first-order chi connectivity index (χ1) is 14.7. The van der Waals surface area contributed by atoms with Crippen LogP contribution in [0.15, 0.2) is 59.8 Å². The molecule has 2 heterocycles. The number of fused-ring (bicyclic) bond motifs is 1. The van der Waals surface area contributed by atoms with Crippen LogP contribution in [0, 0.1) is 5.82 Å². The lowest BCUT2D eigenvalue weighted by Gasteiger charge is -2.29. The van der Waals surface area contributed by atoms with Gasteiger partial charge in [0.25, 0.3) is 0 Å². The molecule has 3 aromatic rings. The van der Waals surface area contributed by atoms with Gasteiger partial charge in [-0.15, -0.1) is 10.2 Å². The van der Waals surface area contributed by atoms with Crippen molar-refractivity contribution in [1.29, 1.82) is 0 Å². The Hall–Kier alpha value is -3.27. The topological polar surface area (TPSA) is 81.5 Å².